The van der Waals surface area contributed by atoms with E-state index in [0.29, 0.717) is 22.2 Å². The quantitative estimate of drug-likeness (QED) is 0.722. The van der Waals surface area contributed by atoms with Crippen LogP contribution in [0.4, 0.5) is 11.5 Å². The van der Waals surface area contributed by atoms with Crippen molar-refractivity contribution < 1.29 is 4.79 Å². The van der Waals surface area contributed by atoms with Crippen molar-refractivity contribution in [3.05, 3.63) is 77.5 Å². The number of halogens is 1. The van der Waals surface area contributed by atoms with E-state index in [1.54, 1.807) is 42.7 Å². The smallest absolute Gasteiger partial charge is 0.274 e. The number of carbonyl (C=O) groups is 1. The van der Waals surface area contributed by atoms with Gasteiger partial charge in [-0.25, -0.2) is 9.97 Å². The van der Waals surface area contributed by atoms with Gasteiger partial charge in [0.1, 0.15) is 17.8 Å². The molecule has 0 saturated carbocycles. The predicted molar refractivity (Wildman–Crippen MR) is 103 cm³/mol. The summed E-state index contributed by atoms with van der Waals surface area (Å²) in [6, 6.07) is 12.6. The highest BCUT2D eigenvalue weighted by atomic mass is 35.5. The van der Waals surface area contributed by atoms with E-state index in [1.165, 1.54) is 11.9 Å². The fraction of sp³-hybridized carbons (Fsp3) is 0.158. The van der Waals surface area contributed by atoms with E-state index in [2.05, 4.69) is 20.3 Å². The van der Waals surface area contributed by atoms with Gasteiger partial charge < -0.3 is 10.2 Å². The van der Waals surface area contributed by atoms with E-state index in [1.807, 2.05) is 24.1 Å². The van der Waals surface area contributed by atoms with Crippen molar-refractivity contribution in [3.63, 3.8) is 0 Å². The summed E-state index contributed by atoms with van der Waals surface area (Å²) in [6.07, 6.45) is 5.80. The zero-order valence-corrected chi connectivity index (χ0v) is 15.0. The van der Waals surface area contributed by atoms with Gasteiger partial charge in [0.15, 0.2) is 0 Å². The van der Waals surface area contributed by atoms with Crippen LogP contribution < -0.4 is 10.2 Å². The van der Waals surface area contributed by atoms with Crippen LogP contribution in [0.25, 0.3) is 0 Å². The molecule has 0 aliphatic heterocycles. The summed E-state index contributed by atoms with van der Waals surface area (Å²) < 4.78 is 0. The number of nitrogens with one attached hydrogen (secondary N) is 1. The van der Waals surface area contributed by atoms with Crippen molar-refractivity contribution in [1.82, 2.24) is 15.0 Å². The summed E-state index contributed by atoms with van der Waals surface area (Å²) in [5.41, 5.74) is 2.11. The molecule has 1 amide bonds. The molecule has 3 aromatic rings. The van der Waals surface area contributed by atoms with Gasteiger partial charge in [-0.05, 0) is 42.3 Å². The Morgan fingerprint density at radius 1 is 1.15 bits per heavy atom. The van der Waals surface area contributed by atoms with Crippen molar-refractivity contribution in [2.24, 2.45) is 0 Å². The lowest BCUT2D eigenvalue weighted by atomic mass is 10.2. The lowest BCUT2D eigenvalue weighted by Gasteiger charge is -2.18. The van der Waals surface area contributed by atoms with E-state index in [0.717, 1.165) is 13.0 Å². The lowest BCUT2D eigenvalue weighted by Crippen LogP contribution is -2.23. The Labute approximate surface area is 156 Å². The molecular weight excluding hydrogens is 350 g/mol. The summed E-state index contributed by atoms with van der Waals surface area (Å²) in [5.74, 6) is 0.378. The van der Waals surface area contributed by atoms with Gasteiger partial charge in [0.05, 0.1) is 0 Å². The Morgan fingerprint density at radius 3 is 2.73 bits per heavy atom. The second kappa shape index (κ2) is 8.40. The highest BCUT2D eigenvalue weighted by Gasteiger charge is 2.11. The molecular formula is C19H18ClN5O. The van der Waals surface area contributed by atoms with Gasteiger partial charge >= 0.3 is 0 Å². The number of hydrogen-bond acceptors (Lipinski definition) is 5. The van der Waals surface area contributed by atoms with Gasteiger partial charge in [0, 0.05) is 42.8 Å². The number of aromatic nitrogens is 3. The zero-order chi connectivity index (χ0) is 18.4. The number of rotatable bonds is 6. The van der Waals surface area contributed by atoms with E-state index in [-0.39, 0.29) is 5.91 Å². The summed E-state index contributed by atoms with van der Waals surface area (Å²) in [7, 11) is 1.93. The average Bonchev–Trinajstić information content (AvgIpc) is 2.67. The van der Waals surface area contributed by atoms with E-state index < -0.39 is 0 Å². The second-order valence-corrected chi connectivity index (χ2v) is 6.19. The normalized spacial score (nSPS) is 10.4. The Bertz CT molecular complexity index is 888. The van der Waals surface area contributed by atoms with Crippen LogP contribution in [-0.4, -0.2) is 34.5 Å². The second-order valence-electron chi connectivity index (χ2n) is 5.75. The van der Waals surface area contributed by atoms with Gasteiger partial charge in [-0.3, -0.25) is 9.78 Å². The van der Waals surface area contributed by atoms with Crippen LogP contribution in [0.5, 0.6) is 0 Å². The third-order valence-electron chi connectivity index (χ3n) is 3.84. The molecule has 0 unspecified atom stereocenters. The molecule has 2 heterocycles. The standard InChI is InChI=1S/C19H18ClN5O/c1-25(10-7-14-5-8-21-9-6-14)18-12-17(22-13-23-18)19(26)24-16-4-2-3-15(20)11-16/h2-6,8-9,11-13H,7,10H2,1H3,(H,24,26). The van der Waals surface area contributed by atoms with Gasteiger partial charge in [0.2, 0.25) is 0 Å². The Balaban J connectivity index is 1.66. The van der Waals surface area contributed by atoms with E-state index in [9.17, 15) is 4.79 Å². The van der Waals surface area contributed by atoms with Crippen LogP contribution in [-0.2, 0) is 6.42 Å². The summed E-state index contributed by atoms with van der Waals surface area (Å²) in [5, 5.41) is 3.34. The maximum atomic E-state index is 12.4. The highest BCUT2D eigenvalue weighted by Crippen LogP contribution is 2.16. The van der Waals surface area contributed by atoms with E-state index in [4.69, 9.17) is 11.6 Å². The molecule has 0 aliphatic rings. The first-order valence-electron chi connectivity index (χ1n) is 8.11. The number of amides is 1. The van der Waals surface area contributed by atoms with Crippen molar-refractivity contribution in [2.75, 3.05) is 23.8 Å². The maximum absolute atomic E-state index is 12.4. The molecule has 7 heteroatoms. The fourth-order valence-corrected chi connectivity index (χ4v) is 2.59. The van der Waals surface area contributed by atoms with E-state index >= 15 is 0 Å². The third kappa shape index (κ3) is 4.77. The molecule has 0 bridgehead atoms. The Hall–Kier alpha value is -2.99. The third-order valence-corrected chi connectivity index (χ3v) is 4.08. The Kier molecular flexibility index (Phi) is 5.76. The zero-order valence-electron chi connectivity index (χ0n) is 14.3. The largest absolute Gasteiger partial charge is 0.359 e. The first kappa shape index (κ1) is 17.8. The lowest BCUT2D eigenvalue weighted by molar-refractivity contribution is 0.102. The molecule has 0 radical (unpaired) electrons. The minimum atomic E-state index is -0.307. The number of likely N-dealkylation sites (N-methyl/N-ethyl adjacent to an activating group) is 1. The first-order chi connectivity index (χ1) is 12.6. The number of hydrogen-bond donors (Lipinski definition) is 1. The molecule has 6 nitrogen and oxygen atoms in total. The van der Waals surface area contributed by atoms with Gasteiger partial charge in [-0.1, -0.05) is 17.7 Å². The van der Waals surface area contributed by atoms with Crippen molar-refractivity contribution >= 4 is 29.0 Å². The topological polar surface area (TPSA) is 71.0 Å². The molecule has 132 valence electrons. The average molecular weight is 368 g/mol. The number of pyridine rings is 1. The molecule has 0 saturated heterocycles. The molecule has 1 N–H and O–H groups in total. The first-order valence-corrected chi connectivity index (χ1v) is 8.48. The van der Waals surface area contributed by atoms with Gasteiger partial charge in [0.25, 0.3) is 5.91 Å². The molecule has 3 rings (SSSR count). The SMILES string of the molecule is CN(CCc1ccncc1)c1cc(C(=O)Nc2cccc(Cl)c2)ncn1. The molecule has 0 spiro atoms. The Morgan fingerprint density at radius 2 is 1.96 bits per heavy atom. The molecule has 0 atom stereocenters. The van der Waals surface area contributed by atoms with Crippen molar-refractivity contribution in [1.29, 1.82) is 0 Å². The van der Waals surface area contributed by atoms with Gasteiger partial charge in [-0.15, -0.1) is 0 Å². The van der Waals surface area contributed by atoms with Crippen LogP contribution in [0.2, 0.25) is 5.02 Å². The number of anilines is 2. The summed E-state index contributed by atoms with van der Waals surface area (Å²) >= 11 is 5.94. The number of carbonyl (C=O) groups excluding carboxylic acids is 1. The molecule has 0 aliphatic carbocycles. The fourth-order valence-electron chi connectivity index (χ4n) is 2.40. The van der Waals surface area contributed by atoms with Crippen LogP contribution in [0.3, 0.4) is 0 Å². The van der Waals surface area contributed by atoms with Crippen LogP contribution in [0, 0.1) is 0 Å². The highest BCUT2D eigenvalue weighted by molar-refractivity contribution is 6.30. The molecule has 1 aromatic carbocycles. The minimum Gasteiger partial charge on any atom is -0.359 e. The molecule has 2 aromatic heterocycles. The van der Waals surface area contributed by atoms with Crippen molar-refractivity contribution in [3.8, 4) is 0 Å². The van der Waals surface area contributed by atoms with Gasteiger partial charge in [-0.2, -0.15) is 0 Å². The molecule has 0 fully saturated rings. The molecule has 26 heavy (non-hydrogen) atoms. The van der Waals surface area contributed by atoms with Crippen LogP contribution in [0.15, 0.2) is 61.2 Å². The number of benzene rings is 1. The summed E-state index contributed by atoms with van der Waals surface area (Å²) in [4.78, 5) is 26.7. The minimum absolute atomic E-state index is 0.297. The number of nitrogens with zero attached hydrogens (tertiary/aromatic N) is 4. The summed E-state index contributed by atoms with van der Waals surface area (Å²) in [6.45, 7) is 0.760. The van der Waals surface area contributed by atoms with Crippen LogP contribution in [0.1, 0.15) is 16.1 Å². The maximum Gasteiger partial charge on any atom is 0.274 e. The van der Waals surface area contributed by atoms with Crippen molar-refractivity contribution in [2.45, 2.75) is 6.42 Å². The monoisotopic (exact) mass is 367 g/mol. The van der Waals surface area contributed by atoms with Crippen LogP contribution >= 0.6 is 11.6 Å². The predicted octanol–water partition coefficient (Wildman–Crippen LogP) is 3.46.